The number of hydrogen-bond donors (Lipinski definition) is 1. The van der Waals surface area contributed by atoms with E-state index in [2.05, 4.69) is 10.2 Å². The smallest absolute Gasteiger partial charge is 0.292 e. The first-order chi connectivity index (χ1) is 9.10. The molecule has 0 amide bonds. The van der Waals surface area contributed by atoms with Crippen LogP contribution in [0.3, 0.4) is 0 Å². The number of hydrogen-bond acceptors (Lipinski definition) is 5. The van der Waals surface area contributed by atoms with Crippen LogP contribution >= 0.6 is 0 Å². The van der Waals surface area contributed by atoms with E-state index in [1.165, 1.54) is 0 Å². The van der Waals surface area contributed by atoms with Gasteiger partial charge in [0.2, 0.25) is 0 Å². The molecule has 0 saturated carbocycles. The van der Waals surface area contributed by atoms with E-state index in [1.807, 2.05) is 6.07 Å². The van der Waals surface area contributed by atoms with E-state index in [1.54, 1.807) is 19.2 Å². The highest BCUT2D eigenvalue weighted by Crippen LogP contribution is 2.25. The molecule has 1 aromatic carbocycles. The van der Waals surface area contributed by atoms with E-state index >= 15 is 0 Å². The number of nitrogens with one attached hydrogen (secondary N) is 1. The molecule has 1 aliphatic rings. The van der Waals surface area contributed by atoms with Gasteiger partial charge in [0, 0.05) is 55.1 Å². The lowest BCUT2D eigenvalue weighted by Crippen LogP contribution is -2.37. The first-order valence-corrected chi connectivity index (χ1v) is 7.61. The van der Waals surface area contributed by atoms with Crippen molar-refractivity contribution in [3.63, 3.8) is 0 Å². The molecule has 1 saturated heterocycles. The van der Waals surface area contributed by atoms with Gasteiger partial charge in [-0.15, -0.1) is 0 Å². The second-order valence-electron chi connectivity index (χ2n) is 4.48. The van der Waals surface area contributed by atoms with Crippen molar-refractivity contribution in [2.75, 3.05) is 37.0 Å². The minimum absolute atomic E-state index is 0.0978. The highest BCUT2D eigenvalue weighted by atomic mass is 32.2. The summed E-state index contributed by atoms with van der Waals surface area (Å²) in [6.45, 7) is 2.24. The predicted octanol–water partition coefficient (Wildman–Crippen LogP) is 1.20. The maximum atomic E-state index is 11.3. The van der Waals surface area contributed by atoms with Gasteiger partial charge in [0.15, 0.2) is 0 Å². The Morgan fingerprint density at radius 3 is 2.68 bits per heavy atom. The van der Waals surface area contributed by atoms with Crippen molar-refractivity contribution in [3.8, 4) is 0 Å². The molecule has 2 rings (SSSR count). The van der Waals surface area contributed by atoms with E-state index in [0.717, 1.165) is 18.7 Å². The standard InChI is InChI=1S/C12H17N3O3S/c1-13-11-3-2-10(8-12(11)15(16)17)9-14-4-6-19(18)7-5-14/h2-3,8,13H,4-7,9H2,1H3. The van der Waals surface area contributed by atoms with Crippen molar-refractivity contribution in [1.82, 2.24) is 4.90 Å². The van der Waals surface area contributed by atoms with Crippen LogP contribution in [0.5, 0.6) is 0 Å². The molecule has 0 aromatic heterocycles. The van der Waals surface area contributed by atoms with E-state index in [0.29, 0.717) is 23.7 Å². The van der Waals surface area contributed by atoms with Gasteiger partial charge in [0.05, 0.1) is 4.92 Å². The quantitative estimate of drug-likeness (QED) is 0.664. The zero-order valence-corrected chi connectivity index (χ0v) is 11.6. The molecule has 6 nitrogen and oxygen atoms in total. The molecule has 1 N–H and O–H groups in total. The summed E-state index contributed by atoms with van der Waals surface area (Å²) in [7, 11) is 0.973. The van der Waals surface area contributed by atoms with Crippen molar-refractivity contribution in [1.29, 1.82) is 0 Å². The number of anilines is 1. The Bertz CT molecular complexity index is 497. The third kappa shape index (κ3) is 3.51. The molecule has 1 heterocycles. The van der Waals surface area contributed by atoms with Gasteiger partial charge in [-0.05, 0) is 11.6 Å². The fraction of sp³-hybridized carbons (Fsp3) is 0.500. The lowest BCUT2D eigenvalue weighted by molar-refractivity contribution is -0.384. The minimum Gasteiger partial charge on any atom is -0.383 e. The van der Waals surface area contributed by atoms with Gasteiger partial charge < -0.3 is 5.32 Å². The van der Waals surface area contributed by atoms with Crippen molar-refractivity contribution in [3.05, 3.63) is 33.9 Å². The first-order valence-electron chi connectivity index (χ1n) is 6.12. The Morgan fingerprint density at radius 2 is 2.11 bits per heavy atom. The van der Waals surface area contributed by atoms with Crippen LogP contribution in [-0.2, 0) is 17.3 Å². The Balaban J connectivity index is 2.10. The first kappa shape index (κ1) is 14.0. The average Bonchev–Trinajstić information content (AvgIpc) is 2.41. The molecule has 7 heteroatoms. The lowest BCUT2D eigenvalue weighted by atomic mass is 10.1. The summed E-state index contributed by atoms with van der Waals surface area (Å²) in [5.41, 5.74) is 1.53. The average molecular weight is 283 g/mol. The molecule has 0 spiro atoms. The Hall–Kier alpha value is -1.47. The normalized spacial score (nSPS) is 17.3. The number of rotatable bonds is 4. The highest BCUT2D eigenvalue weighted by Gasteiger charge is 2.18. The molecular formula is C12H17N3O3S. The van der Waals surface area contributed by atoms with E-state index in [-0.39, 0.29) is 10.6 Å². The Labute approximate surface area is 114 Å². The van der Waals surface area contributed by atoms with Gasteiger partial charge in [-0.1, -0.05) is 6.07 Å². The molecule has 19 heavy (non-hydrogen) atoms. The zero-order chi connectivity index (χ0) is 13.8. The third-order valence-corrected chi connectivity index (χ3v) is 4.48. The number of nitro benzene ring substituents is 1. The summed E-state index contributed by atoms with van der Waals surface area (Å²) < 4.78 is 11.3. The fourth-order valence-electron chi connectivity index (χ4n) is 2.13. The van der Waals surface area contributed by atoms with Crippen LogP contribution in [0, 0.1) is 10.1 Å². The van der Waals surface area contributed by atoms with Crippen LogP contribution in [0.2, 0.25) is 0 Å². The molecule has 0 radical (unpaired) electrons. The van der Waals surface area contributed by atoms with Crippen molar-refractivity contribution in [2.45, 2.75) is 6.54 Å². The topological polar surface area (TPSA) is 75.5 Å². The molecule has 0 unspecified atom stereocenters. The monoisotopic (exact) mass is 283 g/mol. The number of nitro groups is 1. The van der Waals surface area contributed by atoms with Gasteiger partial charge in [-0.25, -0.2) is 0 Å². The maximum Gasteiger partial charge on any atom is 0.292 e. The molecule has 0 bridgehead atoms. The largest absolute Gasteiger partial charge is 0.383 e. The van der Waals surface area contributed by atoms with Gasteiger partial charge in [-0.3, -0.25) is 19.2 Å². The molecule has 1 aliphatic heterocycles. The van der Waals surface area contributed by atoms with E-state index in [4.69, 9.17) is 0 Å². The van der Waals surface area contributed by atoms with Crippen LogP contribution in [0.1, 0.15) is 5.56 Å². The summed E-state index contributed by atoms with van der Waals surface area (Å²) in [6, 6.07) is 5.23. The van der Waals surface area contributed by atoms with Crippen molar-refractivity contribution < 1.29 is 9.13 Å². The van der Waals surface area contributed by atoms with Crippen LogP contribution < -0.4 is 5.32 Å². The summed E-state index contributed by atoms with van der Waals surface area (Å²) in [5, 5.41) is 13.8. The molecule has 104 valence electrons. The predicted molar refractivity (Wildman–Crippen MR) is 75.8 cm³/mol. The summed E-state index contributed by atoms with van der Waals surface area (Å²) in [5.74, 6) is 1.38. The number of benzene rings is 1. The second kappa shape index (κ2) is 6.12. The maximum absolute atomic E-state index is 11.3. The number of nitrogens with zero attached hydrogens (tertiary/aromatic N) is 2. The fourth-order valence-corrected chi connectivity index (χ4v) is 3.26. The summed E-state index contributed by atoms with van der Waals surface area (Å²) in [6.07, 6.45) is 0. The molecular weight excluding hydrogens is 266 g/mol. The molecule has 1 aromatic rings. The van der Waals surface area contributed by atoms with Crippen LogP contribution in [0.15, 0.2) is 18.2 Å². The van der Waals surface area contributed by atoms with E-state index < -0.39 is 10.8 Å². The second-order valence-corrected chi connectivity index (χ2v) is 6.18. The van der Waals surface area contributed by atoms with Crippen LogP contribution in [-0.4, -0.2) is 45.7 Å². The van der Waals surface area contributed by atoms with Crippen LogP contribution in [0.25, 0.3) is 0 Å². The zero-order valence-electron chi connectivity index (χ0n) is 10.8. The molecule has 0 atom stereocenters. The molecule has 1 fully saturated rings. The summed E-state index contributed by atoms with van der Waals surface area (Å²) in [4.78, 5) is 12.8. The lowest BCUT2D eigenvalue weighted by Gasteiger charge is -2.26. The third-order valence-electron chi connectivity index (χ3n) is 3.20. The van der Waals surface area contributed by atoms with E-state index in [9.17, 15) is 14.3 Å². The SMILES string of the molecule is CNc1ccc(CN2CCS(=O)CC2)cc1[N+](=O)[O-]. The minimum atomic E-state index is -0.696. The van der Waals surface area contributed by atoms with Gasteiger partial charge in [0.1, 0.15) is 5.69 Å². The summed E-state index contributed by atoms with van der Waals surface area (Å²) >= 11 is 0. The van der Waals surface area contributed by atoms with Gasteiger partial charge in [-0.2, -0.15) is 0 Å². The van der Waals surface area contributed by atoms with Crippen molar-refractivity contribution in [2.24, 2.45) is 0 Å². The Kier molecular flexibility index (Phi) is 4.49. The highest BCUT2D eigenvalue weighted by molar-refractivity contribution is 7.85. The van der Waals surface area contributed by atoms with Gasteiger partial charge in [0.25, 0.3) is 5.69 Å². The van der Waals surface area contributed by atoms with Gasteiger partial charge >= 0.3 is 0 Å². The Morgan fingerprint density at radius 1 is 1.42 bits per heavy atom. The van der Waals surface area contributed by atoms with Crippen molar-refractivity contribution >= 4 is 22.2 Å². The molecule has 0 aliphatic carbocycles. The van der Waals surface area contributed by atoms with Crippen LogP contribution in [0.4, 0.5) is 11.4 Å².